The molecular formula is C25H38N6O7. The molecule has 1 atom stereocenters. The zero-order chi connectivity index (χ0) is 27.9. The minimum Gasteiger partial charge on any atom is -0.480 e. The zero-order valence-corrected chi connectivity index (χ0v) is 21.6. The first-order chi connectivity index (χ1) is 18.2. The lowest BCUT2D eigenvalue weighted by Gasteiger charge is -2.34. The van der Waals surface area contributed by atoms with Gasteiger partial charge >= 0.3 is 12.0 Å². The number of nitrogens with two attached hydrogens (primary N) is 1. The molecule has 38 heavy (non-hydrogen) atoms. The van der Waals surface area contributed by atoms with Crippen LogP contribution in [0.4, 0.5) is 4.79 Å². The number of unbranched alkanes of at least 4 members (excludes halogenated alkanes) is 1. The predicted molar refractivity (Wildman–Crippen MR) is 139 cm³/mol. The van der Waals surface area contributed by atoms with E-state index in [0.717, 1.165) is 12.8 Å². The standard InChI is InChI=1S/C25H38N6O7/c1-2-3-12-27-25(36)28-13-4-5-20(24(35)31-14-10-19(11-15-31)38-16-21(32)33)29-23(34)18-8-6-17(7-9-18)22(26)30-37/h6-9,19-20,37H,2-5,10-16H2,1H3,(H2,26,30)(H,29,34)(H,32,33)(H2,27,28,36)/t20-/m0/s1. The van der Waals surface area contributed by atoms with Crippen LogP contribution in [0, 0.1) is 0 Å². The minimum absolute atomic E-state index is 0.0908. The molecule has 0 bridgehead atoms. The van der Waals surface area contributed by atoms with Gasteiger partial charge in [0.2, 0.25) is 5.91 Å². The van der Waals surface area contributed by atoms with Gasteiger partial charge in [-0.3, -0.25) is 9.59 Å². The molecule has 0 spiro atoms. The summed E-state index contributed by atoms with van der Waals surface area (Å²) in [7, 11) is 0. The first-order valence-electron chi connectivity index (χ1n) is 12.8. The molecule has 1 aliphatic heterocycles. The molecule has 210 valence electrons. The molecule has 0 saturated carbocycles. The van der Waals surface area contributed by atoms with Crippen LogP contribution in [0.15, 0.2) is 29.4 Å². The van der Waals surface area contributed by atoms with Crippen LogP contribution >= 0.6 is 0 Å². The highest BCUT2D eigenvalue weighted by atomic mass is 16.5. The molecule has 4 amide bonds. The molecule has 0 radical (unpaired) electrons. The number of amidine groups is 1. The molecule has 1 aromatic rings. The second kappa shape index (κ2) is 16.1. The quantitative estimate of drug-likeness (QED) is 0.0664. The molecule has 1 saturated heterocycles. The summed E-state index contributed by atoms with van der Waals surface area (Å²) in [6.45, 7) is 3.32. The monoisotopic (exact) mass is 534 g/mol. The first kappa shape index (κ1) is 30.4. The van der Waals surface area contributed by atoms with Gasteiger partial charge in [-0.1, -0.05) is 30.6 Å². The average molecular weight is 535 g/mol. The number of oxime groups is 1. The molecule has 13 heteroatoms. The molecule has 7 N–H and O–H groups in total. The van der Waals surface area contributed by atoms with E-state index in [2.05, 4.69) is 21.1 Å². The van der Waals surface area contributed by atoms with E-state index in [4.69, 9.17) is 20.8 Å². The Bertz CT molecular complexity index is 961. The van der Waals surface area contributed by atoms with Crippen molar-refractivity contribution in [2.24, 2.45) is 10.9 Å². The molecule has 1 aliphatic rings. The van der Waals surface area contributed by atoms with E-state index in [1.165, 1.54) is 24.3 Å². The van der Waals surface area contributed by atoms with E-state index in [1.807, 2.05) is 6.92 Å². The third-order valence-corrected chi connectivity index (χ3v) is 6.12. The SMILES string of the molecule is CCCCNC(=O)NCCC[C@H](NC(=O)c1ccc(C(N)=NO)cc1)C(=O)N1CCC(OCC(=O)O)CC1. The maximum atomic E-state index is 13.3. The van der Waals surface area contributed by atoms with Gasteiger partial charge in [0.15, 0.2) is 5.84 Å². The van der Waals surface area contributed by atoms with Gasteiger partial charge in [0.1, 0.15) is 12.6 Å². The van der Waals surface area contributed by atoms with E-state index in [9.17, 15) is 19.2 Å². The summed E-state index contributed by atoms with van der Waals surface area (Å²) in [5, 5.41) is 28.8. The highest BCUT2D eigenvalue weighted by Crippen LogP contribution is 2.16. The van der Waals surface area contributed by atoms with Crippen molar-refractivity contribution in [1.82, 2.24) is 20.9 Å². The van der Waals surface area contributed by atoms with Crippen LogP contribution in [-0.2, 0) is 14.3 Å². The van der Waals surface area contributed by atoms with Crippen LogP contribution in [0.25, 0.3) is 0 Å². The highest BCUT2D eigenvalue weighted by molar-refractivity contribution is 6.00. The summed E-state index contributed by atoms with van der Waals surface area (Å²) in [6, 6.07) is 4.98. The number of ether oxygens (including phenoxy) is 1. The zero-order valence-electron chi connectivity index (χ0n) is 21.6. The second-order valence-electron chi connectivity index (χ2n) is 9.00. The number of carboxylic acids is 1. The number of likely N-dealkylation sites (tertiary alicyclic amines) is 1. The second-order valence-corrected chi connectivity index (χ2v) is 9.00. The number of piperidine rings is 1. The third-order valence-electron chi connectivity index (χ3n) is 6.12. The van der Waals surface area contributed by atoms with Crippen molar-refractivity contribution in [2.75, 3.05) is 32.8 Å². The summed E-state index contributed by atoms with van der Waals surface area (Å²) < 4.78 is 5.34. The van der Waals surface area contributed by atoms with Crippen molar-refractivity contribution in [3.05, 3.63) is 35.4 Å². The number of carbonyl (C=O) groups is 4. The molecular weight excluding hydrogens is 496 g/mol. The predicted octanol–water partition coefficient (Wildman–Crippen LogP) is 0.851. The van der Waals surface area contributed by atoms with E-state index >= 15 is 0 Å². The average Bonchev–Trinajstić information content (AvgIpc) is 2.93. The Morgan fingerprint density at radius 2 is 1.68 bits per heavy atom. The molecule has 2 rings (SSSR count). The van der Waals surface area contributed by atoms with Gasteiger partial charge in [0, 0.05) is 37.3 Å². The first-order valence-corrected chi connectivity index (χ1v) is 12.8. The number of amides is 4. The van der Waals surface area contributed by atoms with Crippen LogP contribution in [0.1, 0.15) is 61.4 Å². The number of carbonyl (C=O) groups excluding carboxylic acids is 3. The van der Waals surface area contributed by atoms with Crippen LogP contribution in [-0.4, -0.2) is 89.8 Å². The summed E-state index contributed by atoms with van der Waals surface area (Å²) in [6.07, 6.45) is 3.36. The number of urea groups is 1. The summed E-state index contributed by atoms with van der Waals surface area (Å²) in [5.74, 6) is -1.85. The van der Waals surface area contributed by atoms with Crippen molar-refractivity contribution in [1.29, 1.82) is 0 Å². The van der Waals surface area contributed by atoms with Crippen molar-refractivity contribution in [3.63, 3.8) is 0 Å². The Morgan fingerprint density at radius 1 is 1.08 bits per heavy atom. The number of aliphatic carboxylic acids is 1. The smallest absolute Gasteiger partial charge is 0.329 e. The Labute approximate surface area is 221 Å². The van der Waals surface area contributed by atoms with Gasteiger partial charge < -0.3 is 41.6 Å². The topological polar surface area (TPSA) is 196 Å². The van der Waals surface area contributed by atoms with Gasteiger partial charge in [-0.2, -0.15) is 0 Å². The summed E-state index contributed by atoms with van der Waals surface area (Å²) in [5.41, 5.74) is 6.30. The fourth-order valence-electron chi connectivity index (χ4n) is 3.95. The van der Waals surface area contributed by atoms with Crippen molar-refractivity contribution in [2.45, 2.75) is 57.6 Å². The Hall–Kier alpha value is -3.87. The van der Waals surface area contributed by atoms with Crippen LogP contribution in [0.3, 0.4) is 0 Å². The fourth-order valence-corrected chi connectivity index (χ4v) is 3.95. The van der Waals surface area contributed by atoms with Gasteiger partial charge in [-0.25, -0.2) is 9.59 Å². The van der Waals surface area contributed by atoms with Gasteiger partial charge in [-0.05, 0) is 44.2 Å². The number of rotatable bonds is 14. The van der Waals surface area contributed by atoms with Crippen molar-refractivity contribution >= 4 is 29.7 Å². The molecule has 1 heterocycles. The number of nitrogens with zero attached hydrogens (tertiary/aromatic N) is 2. The lowest BCUT2D eigenvalue weighted by atomic mass is 10.0. The molecule has 0 aromatic heterocycles. The summed E-state index contributed by atoms with van der Waals surface area (Å²) >= 11 is 0. The maximum Gasteiger partial charge on any atom is 0.329 e. The van der Waals surface area contributed by atoms with E-state index < -0.39 is 17.9 Å². The van der Waals surface area contributed by atoms with E-state index in [1.54, 1.807) is 4.90 Å². The van der Waals surface area contributed by atoms with Crippen LogP contribution in [0.2, 0.25) is 0 Å². The molecule has 1 fully saturated rings. The molecule has 0 aliphatic carbocycles. The van der Waals surface area contributed by atoms with Gasteiger partial charge in [0.25, 0.3) is 5.91 Å². The lowest BCUT2D eigenvalue weighted by molar-refractivity contribution is -0.147. The van der Waals surface area contributed by atoms with Gasteiger partial charge in [-0.15, -0.1) is 0 Å². The van der Waals surface area contributed by atoms with Crippen molar-refractivity contribution < 1.29 is 34.2 Å². The number of carboxylic acid groups (broad SMARTS) is 1. The Morgan fingerprint density at radius 3 is 2.26 bits per heavy atom. The van der Waals surface area contributed by atoms with Crippen molar-refractivity contribution in [3.8, 4) is 0 Å². The Kier molecular flexibility index (Phi) is 12.8. The van der Waals surface area contributed by atoms with Crippen LogP contribution in [0.5, 0.6) is 0 Å². The Balaban J connectivity index is 1.99. The van der Waals surface area contributed by atoms with E-state index in [0.29, 0.717) is 63.0 Å². The highest BCUT2D eigenvalue weighted by Gasteiger charge is 2.30. The maximum absolute atomic E-state index is 13.3. The number of benzene rings is 1. The largest absolute Gasteiger partial charge is 0.480 e. The number of hydrogen-bond acceptors (Lipinski definition) is 7. The van der Waals surface area contributed by atoms with Gasteiger partial charge in [0.05, 0.1) is 6.10 Å². The van der Waals surface area contributed by atoms with Crippen LogP contribution < -0.4 is 21.7 Å². The normalized spacial score (nSPS) is 15.0. The fraction of sp³-hybridized carbons (Fsp3) is 0.560. The lowest BCUT2D eigenvalue weighted by Crippen LogP contribution is -2.51. The van der Waals surface area contributed by atoms with E-state index in [-0.39, 0.29) is 30.5 Å². The molecule has 13 nitrogen and oxygen atoms in total. The summed E-state index contributed by atoms with van der Waals surface area (Å²) in [4.78, 5) is 50.5. The number of hydrogen-bond donors (Lipinski definition) is 6. The molecule has 1 aromatic carbocycles. The number of nitrogens with one attached hydrogen (secondary N) is 3. The third kappa shape index (κ3) is 10.2. The molecule has 0 unspecified atom stereocenters. The minimum atomic E-state index is -1.04.